The van der Waals surface area contributed by atoms with E-state index >= 15 is 0 Å². The molecular weight excluding hydrogens is 144 g/mol. The van der Waals surface area contributed by atoms with Gasteiger partial charge in [0.25, 0.3) is 0 Å². The predicted octanol–water partition coefficient (Wildman–Crippen LogP) is -0.845. The van der Waals surface area contributed by atoms with Crippen molar-refractivity contribution in [2.45, 2.75) is 24.8 Å². The predicted molar refractivity (Wildman–Crippen MR) is 37.7 cm³/mol. The summed E-state index contributed by atoms with van der Waals surface area (Å²) < 4.78 is 0. The van der Waals surface area contributed by atoms with Crippen LogP contribution in [-0.2, 0) is 9.59 Å². The second-order valence-corrected chi connectivity index (χ2v) is 3.14. The average molecular weight is 154 g/mol. The molecule has 2 amide bonds. The number of hydrogen-bond donors (Lipinski definition) is 2. The number of rotatable bonds is 0. The summed E-state index contributed by atoms with van der Waals surface area (Å²) in [6.45, 7) is 0.694. The van der Waals surface area contributed by atoms with Gasteiger partial charge in [-0.1, -0.05) is 0 Å². The minimum absolute atomic E-state index is 0.00190. The van der Waals surface area contributed by atoms with Crippen LogP contribution in [0.4, 0.5) is 0 Å². The van der Waals surface area contributed by atoms with Crippen LogP contribution in [0.15, 0.2) is 0 Å². The lowest BCUT2D eigenvalue weighted by Crippen LogP contribution is -2.47. The van der Waals surface area contributed by atoms with E-state index in [1.54, 1.807) is 0 Å². The van der Waals surface area contributed by atoms with Crippen molar-refractivity contribution in [3.8, 4) is 0 Å². The molecule has 11 heavy (non-hydrogen) atoms. The van der Waals surface area contributed by atoms with Crippen LogP contribution in [0, 0.1) is 0 Å². The summed E-state index contributed by atoms with van der Waals surface area (Å²) in [7, 11) is 0. The third-order valence-electron chi connectivity index (χ3n) is 2.43. The van der Waals surface area contributed by atoms with Gasteiger partial charge in [0.05, 0.1) is 0 Å². The molecule has 0 aromatic carbocycles. The quantitative estimate of drug-likeness (QED) is 0.477. The fourth-order valence-electron chi connectivity index (χ4n) is 1.75. The van der Waals surface area contributed by atoms with Crippen LogP contribution in [0.25, 0.3) is 0 Å². The molecule has 1 spiro atoms. The number of amides is 2. The Morgan fingerprint density at radius 1 is 1.27 bits per heavy atom. The fourth-order valence-corrected chi connectivity index (χ4v) is 1.75. The van der Waals surface area contributed by atoms with E-state index in [4.69, 9.17) is 0 Å². The van der Waals surface area contributed by atoms with E-state index in [2.05, 4.69) is 10.6 Å². The van der Waals surface area contributed by atoms with Gasteiger partial charge < -0.3 is 10.6 Å². The van der Waals surface area contributed by atoms with Crippen molar-refractivity contribution in [3.05, 3.63) is 0 Å². The SMILES string of the molecule is O=C1CC[C@]2(CCNC2=O)N1. The second-order valence-electron chi connectivity index (χ2n) is 3.14. The highest BCUT2D eigenvalue weighted by molar-refractivity contribution is 5.96. The van der Waals surface area contributed by atoms with E-state index in [1.165, 1.54) is 0 Å². The molecule has 0 aliphatic carbocycles. The Hall–Kier alpha value is -1.06. The van der Waals surface area contributed by atoms with Crippen molar-refractivity contribution in [2.24, 2.45) is 0 Å². The van der Waals surface area contributed by atoms with Gasteiger partial charge in [-0.2, -0.15) is 0 Å². The maximum atomic E-state index is 11.2. The zero-order valence-corrected chi connectivity index (χ0v) is 6.14. The average Bonchev–Trinajstić information content (AvgIpc) is 2.46. The van der Waals surface area contributed by atoms with Gasteiger partial charge >= 0.3 is 0 Å². The molecule has 1 atom stereocenters. The van der Waals surface area contributed by atoms with Crippen molar-refractivity contribution < 1.29 is 9.59 Å². The van der Waals surface area contributed by atoms with E-state index < -0.39 is 5.54 Å². The topological polar surface area (TPSA) is 58.2 Å². The Morgan fingerprint density at radius 2 is 2.09 bits per heavy atom. The first-order chi connectivity index (χ1) is 5.23. The highest BCUT2D eigenvalue weighted by Crippen LogP contribution is 2.26. The Balaban J connectivity index is 2.22. The number of carbonyl (C=O) groups excluding carboxylic acids is 2. The van der Waals surface area contributed by atoms with Crippen molar-refractivity contribution in [3.63, 3.8) is 0 Å². The third-order valence-corrected chi connectivity index (χ3v) is 2.43. The standard InChI is InChI=1S/C7H10N2O2/c10-5-1-2-7(9-5)3-4-8-6(7)11/h1-4H2,(H,8,11)(H,9,10)/t7-/m1/s1. The van der Waals surface area contributed by atoms with Gasteiger partial charge in [-0.25, -0.2) is 0 Å². The summed E-state index contributed by atoms with van der Waals surface area (Å²) in [5.74, 6) is -0.00889. The number of carbonyl (C=O) groups is 2. The molecule has 0 unspecified atom stereocenters. The van der Waals surface area contributed by atoms with Crippen LogP contribution in [0.3, 0.4) is 0 Å². The van der Waals surface area contributed by atoms with Gasteiger partial charge in [-0.15, -0.1) is 0 Å². The molecule has 0 radical (unpaired) electrons. The van der Waals surface area contributed by atoms with Crippen molar-refractivity contribution in [1.82, 2.24) is 10.6 Å². The summed E-state index contributed by atoms with van der Waals surface area (Å²) in [4.78, 5) is 22.1. The Kier molecular flexibility index (Phi) is 1.19. The van der Waals surface area contributed by atoms with Gasteiger partial charge in [-0.3, -0.25) is 9.59 Å². The molecule has 2 heterocycles. The second kappa shape index (κ2) is 1.96. The Morgan fingerprint density at radius 3 is 2.55 bits per heavy atom. The minimum atomic E-state index is -0.531. The zero-order chi connectivity index (χ0) is 7.90. The first-order valence-corrected chi connectivity index (χ1v) is 3.82. The monoisotopic (exact) mass is 154 g/mol. The van der Waals surface area contributed by atoms with Crippen LogP contribution in [0.2, 0.25) is 0 Å². The van der Waals surface area contributed by atoms with Crippen LogP contribution in [-0.4, -0.2) is 23.9 Å². The summed E-state index contributed by atoms with van der Waals surface area (Å²) in [5.41, 5.74) is -0.531. The van der Waals surface area contributed by atoms with Gasteiger partial charge in [0.1, 0.15) is 5.54 Å². The van der Waals surface area contributed by atoms with Crippen LogP contribution in [0.1, 0.15) is 19.3 Å². The maximum absolute atomic E-state index is 11.2. The van der Waals surface area contributed by atoms with E-state index in [1.807, 2.05) is 0 Å². The summed E-state index contributed by atoms with van der Waals surface area (Å²) >= 11 is 0. The molecular formula is C7H10N2O2. The van der Waals surface area contributed by atoms with E-state index in [9.17, 15) is 9.59 Å². The Bertz CT molecular complexity index is 226. The van der Waals surface area contributed by atoms with Crippen LogP contribution in [0.5, 0.6) is 0 Å². The van der Waals surface area contributed by atoms with Gasteiger partial charge in [0.2, 0.25) is 11.8 Å². The highest BCUT2D eigenvalue weighted by atomic mass is 16.2. The summed E-state index contributed by atoms with van der Waals surface area (Å²) in [6.07, 6.45) is 1.91. The lowest BCUT2D eigenvalue weighted by Gasteiger charge is -2.18. The van der Waals surface area contributed by atoms with E-state index in [0.717, 1.165) is 6.42 Å². The molecule has 4 nitrogen and oxygen atoms in total. The molecule has 2 saturated heterocycles. The van der Waals surface area contributed by atoms with E-state index in [-0.39, 0.29) is 11.8 Å². The molecule has 0 bridgehead atoms. The minimum Gasteiger partial charge on any atom is -0.354 e. The molecule has 0 saturated carbocycles. The lowest BCUT2D eigenvalue weighted by molar-refractivity contribution is -0.127. The normalized spacial score (nSPS) is 36.0. The third kappa shape index (κ3) is 0.818. The molecule has 0 aromatic heterocycles. The van der Waals surface area contributed by atoms with Crippen LogP contribution >= 0.6 is 0 Å². The molecule has 2 aliphatic heterocycles. The van der Waals surface area contributed by atoms with Gasteiger partial charge in [0.15, 0.2) is 0 Å². The highest BCUT2D eigenvalue weighted by Gasteiger charge is 2.47. The van der Waals surface area contributed by atoms with Gasteiger partial charge in [0, 0.05) is 13.0 Å². The molecule has 60 valence electrons. The molecule has 2 N–H and O–H groups in total. The smallest absolute Gasteiger partial charge is 0.245 e. The first kappa shape index (κ1) is 6.64. The summed E-state index contributed by atoms with van der Waals surface area (Å²) in [5, 5.41) is 5.45. The van der Waals surface area contributed by atoms with Crippen molar-refractivity contribution >= 4 is 11.8 Å². The number of nitrogens with one attached hydrogen (secondary N) is 2. The van der Waals surface area contributed by atoms with E-state index in [0.29, 0.717) is 19.4 Å². The molecule has 0 aromatic rings. The molecule has 2 rings (SSSR count). The van der Waals surface area contributed by atoms with Crippen molar-refractivity contribution in [2.75, 3.05) is 6.54 Å². The summed E-state index contributed by atoms with van der Waals surface area (Å²) in [6, 6.07) is 0. The largest absolute Gasteiger partial charge is 0.354 e. The Labute approximate surface area is 64.3 Å². The van der Waals surface area contributed by atoms with Crippen molar-refractivity contribution in [1.29, 1.82) is 0 Å². The van der Waals surface area contributed by atoms with Crippen LogP contribution < -0.4 is 10.6 Å². The lowest BCUT2D eigenvalue weighted by atomic mass is 9.96. The molecule has 2 fully saturated rings. The van der Waals surface area contributed by atoms with Gasteiger partial charge in [-0.05, 0) is 12.8 Å². The maximum Gasteiger partial charge on any atom is 0.245 e. The fraction of sp³-hybridized carbons (Fsp3) is 0.714. The first-order valence-electron chi connectivity index (χ1n) is 3.82. The molecule has 2 aliphatic rings. The molecule has 4 heteroatoms. The number of hydrogen-bond acceptors (Lipinski definition) is 2. The zero-order valence-electron chi connectivity index (χ0n) is 6.14.